The highest BCUT2D eigenvalue weighted by atomic mass is 16.5. The van der Waals surface area contributed by atoms with E-state index in [1.165, 1.54) is 5.56 Å². The Labute approximate surface area is 113 Å². The van der Waals surface area contributed by atoms with Crippen molar-refractivity contribution in [2.24, 2.45) is 0 Å². The smallest absolute Gasteiger partial charge is 0.140 e. The minimum atomic E-state index is 0.719. The molecule has 0 spiro atoms. The molecule has 0 aliphatic heterocycles. The fourth-order valence-corrected chi connectivity index (χ4v) is 1.92. The Kier molecular flexibility index (Phi) is 4.92. The molecule has 1 N–H and O–H groups in total. The Bertz CT molecular complexity index is 510. The van der Waals surface area contributed by atoms with E-state index in [4.69, 9.17) is 4.74 Å². The number of nitrogens with one attached hydrogen (secondary N) is 1. The van der Waals surface area contributed by atoms with E-state index in [-0.39, 0.29) is 0 Å². The summed E-state index contributed by atoms with van der Waals surface area (Å²) in [5, 5.41) is 7.58. The van der Waals surface area contributed by atoms with Crippen LogP contribution in [0.1, 0.15) is 24.7 Å². The molecule has 5 heteroatoms. The molecule has 1 aromatic heterocycles. The molecule has 0 aliphatic rings. The SMILES string of the molecule is CCCn1ncnc1CNCc1cccc(OC)c1. The molecule has 0 bridgehead atoms. The minimum absolute atomic E-state index is 0.719. The van der Waals surface area contributed by atoms with Crippen molar-refractivity contribution < 1.29 is 4.74 Å². The standard InChI is InChI=1S/C14H20N4O/c1-3-7-18-14(16-11-17-18)10-15-9-12-5-4-6-13(8-12)19-2/h4-6,8,11,15H,3,7,9-10H2,1-2H3. The molecule has 19 heavy (non-hydrogen) atoms. The lowest BCUT2D eigenvalue weighted by Gasteiger charge is -2.07. The Balaban J connectivity index is 1.87. The predicted molar refractivity (Wildman–Crippen MR) is 73.9 cm³/mol. The van der Waals surface area contributed by atoms with Crippen molar-refractivity contribution in [3.8, 4) is 5.75 Å². The molecule has 0 atom stereocenters. The molecular formula is C14H20N4O. The van der Waals surface area contributed by atoms with Gasteiger partial charge in [-0.1, -0.05) is 19.1 Å². The molecule has 0 aliphatic carbocycles. The first kappa shape index (κ1) is 13.5. The first-order valence-corrected chi connectivity index (χ1v) is 6.53. The van der Waals surface area contributed by atoms with E-state index < -0.39 is 0 Å². The van der Waals surface area contributed by atoms with Crippen LogP contribution in [0.4, 0.5) is 0 Å². The summed E-state index contributed by atoms with van der Waals surface area (Å²) in [7, 11) is 1.68. The zero-order chi connectivity index (χ0) is 13.5. The molecule has 5 nitrogen and oxygen atoms in total. The Morgan fingerprint density at radius 2 is 2.21 bits per heavy atom. The van der Waals surface area contributed by atoms with Crippen LogP contribution in [0, 0.1) is 0 Å². The molecule has 2 rings (SSSR count). The number of aryl methyl sites for hydroxylation is 1. The quantitative estimate of drug-likeness (QED) is 0.827. The monoisotopic (exact) mass is 260 g/mol. The lowest BCUT2D eigenvalue weighted by molar-refractivity contribution is 0.414. The van der Waals surface area contributed by atoms with Gasteiger partial charge in [0.15, 0.2) is 0 Å². The Morgan fingerprint density at radius 1 is 1.32 bits per heavy atom. The summed E-state index contributed by atoms with van der Waals surface area (Å²) in [6.45, 7) is 4.55. The van der Waals surface area contributed by atoms with Gasteiger partial charge in [0.25, 0.3) is 0 Å². The van der Waals surface area contributed by atoms with Crippen LogP contribution in [0.15, 0.2) is 30.6 Å². The molecule has 0 saturated carbocycles. The molecule has 2 aromatic rings. The fourth-order valence-electron chi connectivity index (χ4n) is 1.92. The zero-order valence-electron chi connectivity index (χ0n) is 11.5. The van der Waals surface area contributed by atoms with E-state index in [1.54, 1.807) is 13.4 Å². The molecule has 0 saturated heterocycles. The van der Waals surface area contributed by atoms with Crippen LogP contribution in [-0.4, -0.2) is 21.9 Å². The van der Waals surface area contributed by atoms with E-state index in [9.17, 15) is 0 Å². The number of ether oxygens (including phenoxy) is 1. The van der Waals surface area contributed by atoms with Crippen LogP contribution >= 0.6 is 0 Å². The first-order chi connectivity index (χ1) is 9.33. The van der Waals surface area contributed by atoms with Gasteiger partial charge in [-0.3, -0.25) is 0 Å². The normalized spacial score (nSPS) is 10.6. The third kappa shape index (κ3) is 3.79. The molecule has 0 fully saturated rings. The second kappa shape index (κ2) is 6.89. The van der Waals surface area contributed by atoms with Gasteiger partial charge in [-0.2, -0.15) is 5.10 Å². The molecule has 1 aromatic carbocycles. The van der Waals surface area contributed by atoms with Gasteiger partial charge >= 0.3 is 0 Å². The van der Waals surface area contributed by atoms with Crippen LogP contribution in [0.3, 0.4) is 0 Å². The molecule has 0 amide bonds. The van der Waals surface area contributed by atoms with Gasteiger partial charge in [0, 0.05) is 13.1 Å². The van der Waals surface area contributed by atoms with Crippen LogP contribution in [0.2, 0.25) is 0 Å². The maximum absolute atomic E-state index is 5.20. The predicted octanol–water partition coefficient (Wildman–Crippen LogP) is 1.99. The van der Waals surface area contributed by atoms with Crippen molar-refractivity contribution in [2.45, 2.75) is 33.0 Å². The molecule has 0 radical (unpaired) electrons. The van der Waals surface area contributed by atoms with Crippen molar-refractivity contribution in [1.82, 2.24) is 20.1 Å². The number of hydrogen-bond donors (Lipinski definition) is 1. The van der Waals surface area contributed by atoms with Gasteiger partial charge < -0.3 is 10.1 Å². The van der Waals surface area contributed by atoms with E-state index in [1.807, 2.05) is 22.9 Å². The highest BCUT2D eigenvalue weighted by molar-refractivity contribution is 5.28. The molecule has 1 heterocycles. The van der Waals surface area contributed by atoms with E-state index >= 15 is 0 Å². The van der Waals surface area contributed by atoms with E-state index in [0.717, 1.165) is 37.6 Å². The Hall–Kier alpha value is -1.88. The van der Waals surface area contributed by atoms with E-state index in [0.29, 0.717) is 0 Å². The number of nitrogens with zero attached hydrogens (tertiary/aromatic N) is 3. The van der Waals surface area contributed by atoms with Gasteiger partial charge in [0.1, 0.15) is 17.9 Å². The van der Waals surface area contributed by atoms with Crippen LogP contribution in [0.25, 0.3) is 0 Å². The summed E-state index contributed by atoms with van der Waals surface area (Å²) in [5.41, 5.74) is 1.20. The van der Waals surface area contributed by atoms with Crippen molar-refractivity contribution in [1.29, 1.82) is 0 Å². The van der Waals surface area contributed by atoms with Crippen molar-refractivity contribution in [2.75, 3.05) is 7.11 Å². The van der Waals surface area contributed by atoms with Crippen molar-refractivity contribution in [3.63, 3.8) is 0 Å². The molecule has 102 valence electrons. The average molecular weight is 260 g/mol. The van der Waals surface area contributed by atoms with E-state index in [2.05, 4.69) is 28.4 Å². The van der Waals surface area contributed by atoms with Crippen LogP contribution in [0.5, 0.6) is 5.75 Å². The lowest BCUT2D eigenvalue weighted by atomic mass is 10.2. The molecular weight excluding hydrogens is 240 g/mol. The van der Waals surface area contributed by atoms with Gasteiger partial charge in [0.2, 0.25) is 0 Å². The second-order valence-corrected chi connectivity index (χ2v) is 4.35. The summed E-state index contributed by atoms with van der Waals surface area (Å²) >= 11 is 0. The second-order valence-electron chi connectivity index (χ2n) is 4.35. The van der Waals surface area contributed by atoms with Crippen LogP contribution in [-0.2, 0) is 19.6 Å². The number of methoxy groups -OCH3 is 1. The maximum atomic E-state index is 5.20. The van der Waals surface area contributed by atoms with Crippen molar-refractivity contribution >= 4 is 0 Å². The third-order valence-corrected chi connectivity index (χ3v) is 2.88. The first-order valence-electron chi connectivity index (χ1n) is 6.53. The third-order valence-electron chi connectivity index (χ3n) is 2.88. The van der Waals surface area contributed by atoms with Gasteiger partial charge in [0.05, 0.1) is 13.7 Å². The highest BCUT2D eigenvalue weighted by Gasteiger charge is 2.03. The molecule has 0 unspecified atom stereocenters. The summed E-state index contributed by atoms with van der Waals surface area (Å²) in [4.78, 5) is 4.26. The maximum Gasteiger partial charge on any atom is 0.140 e. The largest absolute Gasteiger partial charge is 0.497 e. The fraction of sp³-hybridized carbons (Fsp3) is 0.429. The number of rotatable bonds is 7. The minimum Gasteiger partial charge on any atom is -0.497 e. The van der Waals surface area contributed by atoms with Crippen molar-refractivity contribution in [3.05, 3.63) is 42.0 Å². The zero-order valence-corrected chi connectivity index (χ0v) is 11.5. The summed E-state index contributed by atoms with van der Waals surface area (Å²) in [6.07, 6.45) is 2.67. The van der Waals surface area contributed by atoms with Gasteiger partial charge in [-0.05, 0) is 24.1 Å². The van der Waals surface area contributed by atoms with Gasteiger partial charge in [-0.25, -0.2) is 9.67 Å². The summed E-state index contributed by atoms with van der Waals surface area (Å²) < 4.78 is 7.15. The number of benzene rings is 1. The number of hydrogen-bond acceptors (Lipinski definition) is 4. The average Bonchev–Trinajstić information content (AvgIpc) is 2.87. The summed E-state index contributed by atoms with van der Waals surface area (Å²) in [6, 6.07) is 8.05. The number of aromatic nitrogens is 3. The Morgan fingerprint density at radius 3 is 3.00 bits per heavy atom. The highest BCUT2D eigenvalue weighted by Crippen LogP contribution is 2.12. The topological polar surface area (TPSA) is 52.0 Å². The summed E-state index contributed by atoms with van der Waals surface area (Å²) in [5.74, 6) is 1.86. The van der Waals surface area contributed by atoms with Crippen LogP contribution < -0.4 is 10.1 Å². The van der Waals surface area contributed by atoms with Gasteiger partial charge in [-0.15, -0.1) is 0 Å². The lowest BCUT2D eigenvalue weighted by Crippen LogP contribution is -2.17.